The zero-order valence-electron chi connectivity index (χ0n) is 16.1. The second kappa shape index (κ2) is 9.40. The Morgan fingerprint density at radius 2 is 1.75 bits per heavy atom. The van der Waals surface area contributed by atoms with E-state index in [0.717, 1.165) is 31.2 Å². The second-order valence-corrected chi connectivity index (χ2v) is 7.66. The molecular weight excluding hydrogens is 460 g/mol. The number of benzene rings is 2. The molecule has 0 fully saturated rings. The average molecular weight is 473 g/mol. The van der Waals surface area contributed by atoms with Gasteiger partial charge >= 0.3 is 11.7 Å². The molecule has 0 spiro atoms. The fourth-order valence-corrected chi connectivity index (χ4v) is 3.12. The number of carbonyl (C=O) groups is 1. The highest BCUT2D eigenvalue weighted by Crippen LogP contribution is 2.39. The van der Waals surface area contributed by atoms with Crippen molar-refractivity contribution in [2.45, 2.75) is 29.0 Å². The number of thioether (sulfide) groups is 1. The Bertz CT molecular complexity index is 1090. The Morgan fingerprint density at radius 1 is 1.09 bits per heavy atom. The molecule has 32 heavy (non-hydrogen) atoms. The third-order valence-electron chi connectivity index (χ3n) is 3.93. The monoisotopic (exact) mass is 473 g/mol. The van der Waals surface area contributed by atoms with Crippen LogP contribution in [-0.2, 0) is 6.18 Å². The maximum Gasteiger partial charge on any atom is 0.446 e. The smallest absolute Gasteiger partial charge is 0.446 e. The summed E-state index contributed by atoms with van der Waals surface area (Å²) in [4.78, 5) is 12.1. The summed E-state index contributed by atoms with van der Waals surface area (Å²) < 4.78 is 82.9. The number of alkyl halides is 6. The summed E-state index contributed by atoms with van der Waals surface area (Å²) in [5.74, 6) is -1.79. The van der Waals surface area contributed by atoms with Gasteiger partial charge in [0.05, 0.1) is 28.8 Å². The fourth-order valence-electron chi connectivity index (χ4n) is 2.45. The van der Waals surface area contributed by atoms with Crippen LogP contribution >= 0.6 is 11.8 Å². The molecule has 0 aliphatic carbocycles. The lowest BCUT2D eigenvalue weighted by molar-refractivity contribution is -0.139. The third-order valence-corrected chi connectivity index (χ3v) is 4.73. The van der Waals surface area contributed by atoms with Crippen molar-refractivity contribution in [2.75, 3.05) is 6.61 Å². The van der Waals surface area contributed by atoms with Crippen molar-refractivity contribution in [3.8, 4) is 17.9 Å². The first-order chi connectivity index (χ1) is 14.8. The first kappa shape index (κ1) is 24.9. The van der Waals surface area contributed by atoms with E-state index >= 15 is 0 Å². The van der Waals surface area contributed by atoms with Gasteiger partial charge in [-0.3, -0.25) is 4.79 Å². The molecule has 0 saturated heterocycles. The Hall–Kier alpha value is -3.38. The van der Waals surface area contributed by atoms with Gasteiger partial charge in [-0.25, -0.2) is 0 Å². The average Bonchev–Trinajstić information content (AvgIpc) is 2.70. The van der Waals surface area contributed by atoms with Crippen LogP contribution in [0.25, 0.3) is 0 Å². The zero-order valence-corrected chi connectivity index (χ0v) is 17.0. The summed E-state index contributed by atoms with van der Waals surface area (Å²) in [6.07, 6.45) is -4.82. The lowest BCUT2D eigenvalue weighted by atomic mass is 10.0. The molecule has 0 aromatic heterocycles. The molecule has 1 amide bonds. The number of nitrogens with one attached hydrogen (secondary N) is 1. The molecule has 0 aliphatic rings. The number of ether oxygens (including phenoxy) is 1. The number of carbonyl (C=O) groups excluding carboxylic acids is 1. The van der Waals surface area contributed by atoms with E-state index in [0.29, 0.717) is 6.07 Å². The maximum absolute atomic E-state index is 13.2. The summed E-state index contributed by atoms with van der Waals surface area (Å²) in [6.45, 7) is 0.355. The summed E-state index contributed by atoms with van der Waals surface area (Å²) in [5, 5.41) is 20.5. The van der Waals surface area contributed by atoms with Crippen molar-refractivity contribution in [1.29, 1.82) is 10.5 Å². The van der Waals surface area contributed by atoms with Gasteiger partial charge in [0.1, 0.15) is 12.4 Å². The Labute approximate surface area is 182 Å². The molecule has 5 nitrogen and oxygen atoms in total. The standard InChI is InChI=1S/C20H13F6N3O2S/c1-18(10-28,11-31-15-8-12(9-27)6-7-14(15)19(21,22)23)29-17(30)13-4-2-3-5-16(13)32-20(24,25)26/h2-8H,11H2,1H3,(H,29,30)/t18-/m0/s1. The first-order valence-electron chi connectivity index (χ1n) is 8.61. The molecule has 0 saturated carbocycles. The summed E-state index contributed by atoms with van der Waals surface area (Å²) >= 11 is -0.522. The van der Waals surface area contributed by atoms with Crippen molar-refractivity contribution in [3.05, 3.63) is 59.2 Å². The van der Waals surface area contributed by atoms with Gasteiger partial charge in [-0.1, -0.05) is 12.1 Å². The van der Waals surface area contributed by atoms with Crippen molar-refractivity contribution >= 4 is 17.7 Å². The molecule has 1 atom stereocenters. The topological polar surface area (TPSA) is 85.9 Å². The van der Waals surface area contributed by atoms with Gasteiger partial charge in [0, 0.05) is 4.90 Å². The lowest BCUT2D eigenvalue weighted by Gasteiger charge is -2.25. The van der Waals surface area contributed by atoms with Crippen LogP contribution in [0.5, 0.6) is 5.75 Å². The van der Waals surface area contributed by atoms with Gasteiger partial charge in [-0.2, -0.15) is 36.9 Å². The third kappa shape index (κ3) is 6.56. The Kier molecular flexibility index (Phi) is 7.31. The fraction of sp³-hybridized carbons (Fsp3) is 0.250. The molecule has 0 heterocycles. The molecule has 0 aliphatic heterocycles. The minimum absolute atomic E-state index is 0.131. The highest BCUT2D eigenvalue weighted by atomic mass is 32.2. The quantitative estimate of drug-likeness (QED) is 0.456. The van der Waals surface area contributed by atoms with E-state index in [4.69, 9.17) is 10.00 Å². The van der Waals surface area contributed by atoms with Crippen LogP contribution in [0.3, 0.4) is 0 Å². The molecule has 12 heteroatoms. The van der Waals surface area contributed by atoms with Crippen LogP contribution < -0.4 is 10.1 Å². The zero-order chi connectivity index (χ0) is 24.2. The number of amides is 1. The number of halogens is 6. The van der Waals surface area contributed by atoms with E-state index in [-0.39, 0.29) is 11.1 Å². The van der Waals surface area contributed by atoms with Crippen LogP contribution in [0.15, 0.2) is 47.4 Å². The molecule has 0 radical (unpaired) electrons. The van der Waals surface area contributed by atoms with Crippen LogP contribution in [0.4, 0.5) is 26.3 Å². The van der Waals surface area contributed by atoms with E-state index in [1.807, 2.05) is 0 Å². The van der Waals surface area contributed by atoms with Crippen LogP contribution in [0.2, 0.25) is 0 Å². The van der Waals surface area contributed by atoms with E-state index in [2.05, 4.69) is 5.32 Å². The SMILES string of the molecule is C[C@](C#N)(COc1cc(C#N)ccc1C(F)(F)F)NC(=O)c1ccccc1SC(F)(F)F. The predicted octanol–water partition coefficient (Wildman–Crippen LogP) is 5.28. The maximum atomic E-state index is 13.2. The number of hydrogen-bond acceptors (Lipinski definition) is 5. The Balaban J connectivity index is 2.26. The molecule has 2 rings (SSSR count). The highest BCUT2D eigenvalue weighted by molar-refractivity contribution is 8.00. The van der Waals surface area contributed by atoms with Crippen molar-refractivity contribution < 1.29 is 35.9 Å². The lowest BCUT2D eigenvalue weighted by Crippen LogP contribution is -2.49. The number of rotatable bonds is 6. The molecule has 2 aromatic carbocycles. The van der Waals surface area contributed by atoms with Crippen LogP contribution in [0.1, 0.15) is 28.4 Å². The van der Waals surface area contributed by atoms with Crippen LogP contribution in [0, 0.1) is 22.7 Å². The summed E-state index contributed by atoms with van der Waals surface area (Å²) in [7, 11) is 0. The minimum Gasteiger partial charge on any atom is -0.489 e. The summed E-state index contributed by atoms with van der Waals surface area (Å²) in [6, 6.07) is 10.5. The van der Waals surface area contributed by atoms with Gasteiger partial charge in [0.15, 0.2) is 5.54 Å². The Morgan fingerprint density at radius 3 is 2.31 bits per heavy atom. The van der Waals surface area contributed by atoms with Crippen molar-refractivity contribution in [3.63, 3.8) is 0 Å². The minimum atomic E-state index is -4.82. The van der Waals surface area contributed by atoms with Crippen molar-refractivity contribution in [2.24, 2.45) is 0 Å². The van der Waals surface area contributed by atoms with E-state index in [1.165, 1.54) is 12.1 Å². The van der Waals surface area contributed by atoms with E-state index < -0.39 is 57.7 Å². The second-order valence-electron chi connectivity index (χ2n) is 6.55. The molecule has 1 N–H and O–H groups in total. The summed E-state index contributed by atoms with van der Waals surface area (Å²) in [5.41, 5.74) is -8.28. The molecule has 0 unspecified atom stereocenters. The van der Waals surface area contributed by atoms with Gasteiger partial charge in [-0.05, 0) is 49.0 Å². The predicted molar refractivity (Wildman–Crippen MR) is 101 cm³/mol. The van der Waals surface area contributed by atoms with Gasteiger partial charge in [0.2, 0.25) is 0 Å². The first-order valence-corrected chi connectivity index (χ1v) is 9.42. The van der Waals surface area contributed by atoms with Crippen LogP contribution in [-0.4, -0.2) is 23.6 Å². The number of nitrogens with zero attached hydrogens (tertiary/aromatic N) is 2. The molecule has 2 aromatic rings. The van der Waals surface area contributed by atoms with E-state index in [9.17, 15) is 36.4 Å². The molecule has 168 valence electrons. The van der Waals surface area contributed by atoms with Gasteiger partial charge in [0.25, 0.3) is 5.91 Å². The number of nitriles is 2. The molecule has 0 bridgehead atoms. The highest BCUT2D eigenvalue weighted by Gasteiger charge is 2.36. The van der Waals surface area contributed by atoms with E-state index in [1.54, 1.807) is 12.1 Å². The molecular formula is C20H13F6N3O2S. The van der Waals surface area contributed by atoms with Gasteiger partial charge < -0.3 is 10.1 Å². The normalized spacial score (nSPS) is 13.4. The number of hydrogen-bond donors (Lipinski definition) is 1. The largest absolute Gasteiger partial charge is 0.489 e. The van der Waals surface area contributed by atoms with Crippen molar-refractivity contribution in [1.82, 2.24) is 5.32 Å². The van der Waals surface area contributed by atoms with Gasteiger partial charge in [-0.15, -0.1) is 0 Å².